The van der Waals surface area contributed by atoms with Crippen molar-refractivity contribution in [2.75, 3.05) is 6.61 Å². The molecule has 0 aromatic heterocycles. The van der Waals surface area contributed by atoms with Crippen LogP contribution in [-0.4, -0.2) is 31.9 Å². The lowest BCUT2D eigenvalue weighted by atomic mass is 10.1. The van der Waals surface area contributed by atoms with Crippen LogP contribution in [0.1, 0.15) is 39.2 Å². The van der Waals surface area contributed by atoms with E-state index in [0.29, 0.717) is 25.2 Å². The SMILES string of the molecule is CC(C)(C)[Si](C)(C)OCCC1=C(O)C(=O)CC1OCc1ccccc1. The first-order chi connectivity index (χ1) is 11.6. The molecule has 1 aliphatic carbocycles. The number of ketones is 1. The highest BCUT2D eigenvalue weighted by atomic mass is 28.4. The van der Waals surface area contributed by atoms with E-state index in [9.17, 15) is 9.90 Å². The van der Waals surface area contributed by atoms with Crippen LogP contribution in [0, 0.1) is 0 Å². The maximum absolute atomic E-state index is 11.9. The molecule has 0 amide bonds. The highest BCUT2D eigenvalue weighted by Gasteiger charge is 2.38. The number of benzene rings is 1. The standard InChI is InChI=1S/C20H30O4Si/c1-20(2,3)25(4,5)24-12-11-16-18(13-17(21)19(16)22)23-14-15-9-7-6-8-10-15/h6-10,18,22H,11-14H2,1-5H3. The summed E-state index contributed by atoms with van der Waals surface area (Å²) in [5.41, 5.74) is 1.73. The maximum Gasteiger partial charge on any atom is 0.200 e. The third kappa shape index (κ3) is 5.03. The van der Waals surface area contributed by atoms with Gasteiger partial charge < -0.3 is 14.3 Å². The second-order valence-electron chi connectivity index (χ2n) is 8.15. The zero-order valence-corrected chi connectivity index (χ0v) is 17.0. The molecule has 5 heteroatoms. The van der Waals surface area contributed by atoms with Crippen LogP contribution in [0.3, 0.4) is 0 Å². The van der Waals surface area contributed by atoms with Crippen molar-refractivity contribution in [2.45, 2.75) is 64.5 Å². The van der Waals surface area contributed by atoms with E-state index in [1.54, 1.807) is 0 Å². The predicted octanol–water partition coefficient (Wildman–Crippen LogP) is 4.77. The number of carbonyl (C=O) groups excluding carboxylic acids is 1. The van der Waals surface area contributed by atoms with Gasteiger partial charge in [-0.3, -0.25) is 4.79 Å². The Morgan fingerprint density at radius 2 is 1.84 bits per heavy atom. The van der Waals surface area contributed by atoms with Crippen LogP contribution < -0.4 is 0 Å². The molecule has 0 fully saturated rings. The van der Waals surface area contributed by atoms with Crippen LogP contribution in [0.25, 0.3) is 0 Å². The number of hydrogen-bond acceptors (Lipinski definition) is 4. The average molecular weight is 363 g/mol. The Bertz CT molecular complexity index is 629. The Balaban J connectivity index is 1.95. The zero-order valence-electron chi connectivity index (χ0n) is 16.0. The Kier molecular flexibility index (Phi) is 6.24. The van der Waals surface area contributed by atoms with Gasteiger partial charge in [0.2, 0.25) is 0 Å². The fraction of sp³-hybridized carbons (Fsp3) is 0.550. The highest BCUT2D eigenvalue weighted by molar-refractivity contribution is 6.74. The molecule has 138 valence electrons. The number of rotatable bonds is 7. The normalized spacial score (nSPS) is 18.9. The largest absolute Gasteiger partial charge is 0.504 e. The van der Waals surface area contributed by atoms with Gasteiger partial charge >= 0.3 is 0 Å². The molecule has 1 aromatic carbocycles. The topological polar surface area (TPSA) is 55.8 Å². The monoisotopic (exact) mass is 362 g/mol. The quantitative estimate of drug-likeness (QED) is 0.710. The molecule has 1 aliphatic rings. The summed E-state index contributed by atoms with van der Waals surface area (Å²) in [4.78, 5) is 11.9. The smallest absolute Gasteiger partial charge is 0.200 e. The van der Waals surface area contributed by atoms with Gasteiger partial charge in [0.15, 0.2) is 19.9 Å². The minimum atomic E-state index is -1.84. The van der Waals surface area contributed by atoms with Crippen molar-refractivity contribution in [2.24, 2.45) is 0 Å². The van der Waals surface area contributed by atoms with Crippen molar-refractivity contribution in [1.29, 1.82) is 0 Å². The summed E-state index contributed by atoms with van der Waals surface area (Å²) in [6.45, 7) is 11.9. The number of ether oxygens (including phenoxy) is 1. The first kappa shape index (κ1) is 19.9. The third-order valence-electron chi connectivity index (χ3n) is 5.26. The fourth-order valence-electron chi connectivity index (χ4n) is 2.56. The van der Waals surface area contributed by atoms with Crippen LogP contribution in [0.15, 0.2) is 41.7 Å². The molecule has 0 saturated carbocycles. The Morgan fingerprint density at radius 1 is 1.20 bits per heavy atom. The average Bonchev–Trinajstić information content (AvgIpc) is 2.80. The summed E-state index contributed by atoms with van der Waals surface area (Å²) < 4.78 is 12.1. The van der Waals surface area contributed by atoms with E-state index >= 15 is 0 Å². The van der Waals surface area contributed by atoms with Crippen LogP contribution in [0.2, 0.25) is 18.1 Å². The molecule has 0 saturated heterocycles. The molecule has 1 N–H and O–H groups in total. The van der Waals surface area contributed by atoms with Gasteiger partial charge in [0.1, 0.15) is 0 Å². The summed E-state index contributed by atoms with van der Waals surface area (Å²) in [6, 6.07) is 9.85. The van der Waals surface area contributed by atoms with E-state index in [4.69, 9.17) is 9.16 Å². The molecule has 1 atom stereocenters. The Labute approximate surface area is 152 Å². The molecule has 1 unspecified atom stereocenters. The lowest BCUT2D eigenvalue weighted by Gasteiger charge is -2.36. The Morgan fingerprint density at radius 3 is 2.44 bits per heavy atom. The molecule has 4 nitrogen and oxygen atoms in total. The molecule has 25 heavy (non-hydrogen) atoms. The number of hydrogen-bond donors (Lipinski definition) is 1. The summed E-state index contributed by atoms with van der Waals surface area (Å²) in [5, 5.41) is 10.3. The molecular formula is C20H30O4Si. The summed E-state index contributed by atoms with van der Waals surface area (Å²) in [7, 11) is -1.84. The van der Waals surface area contributed by atoms with E-state index in [-0.39, 0.29) is 29.1 Å². The van der Waals surface area contributed by atoms with Crippen LogP contribution in [-0.2, 0) is 20.6 Å². The highest BCUT2D eigenvalue weighted by Crippen LogP contribution is 2.37. The van der Waals surface area contributed by atoms with Crippen molar-refractivity contribution in [3.05, 3.63) is 47.2 Å². The molecule has 0 heterocycles. The van der Waals surface area contributed by atoms with Crippen molar-refractivity contribution < 1.29 is 19.1 Å². The lowest BCUT2D eigenvalue weighted by Crippen LogP contribution is -2.41. The molecular weight excluding hydrogens is 332 g/mol. The summed E-state index contributed by atoms with van der Waals surface area (Å²) >= 11 is 0. The maximum atomic E-state index is 11.9. The lowest BCUT2D eigenvalue weighted by molar-refractivity contribution is -0.118. The van der Waals surface area contributed by atoms with E-state index in [1.807, 2.05) is 30.3 Å². The number of aliphatic hydroxyl groups is 1. The van der Waals surface area contributed by atoms with Gasteiger partial charge in [0.25, 0.3) is 0 Å². The molecule has 2 rings (SSSR count). The van der Waals surface area contributed by atoms with Crippen molar-refractivity contribution in [1.82, 2.24) is 0 Å². The van der Waals surface area contributed by atoms with E-state index < -0.39 is 8.32 Å². The van der Waals surface area contributed by atoms with E-state index in [1.165, 1.54) is 0 Å². The summed E-state index contributed by atoms with van der Waals surface area (Å²) in [6.07, 6.45) is 0.396. The Hall–Kier alpha value is -1.43. The minimum absolute atomic E-state index is 0.128. The van der Waals surface area contributed by atoms with Crippen LogP contribution in [0.5, 0.6) is 0 Å². The van der Waals surface area contributed by atoms with Gasteiger partial charge in [-0.15, -0.1) is 0 Å². The van der Waals surface area contributed by atoms with E-state index in [2.05, 4.69) is 33.9 Å². The van der Waals surface area contributed by atoms with Gasteiger partial charge in [-0.25, -0.2) is 0 Å². The molecule has 0 aliphatic heterocycles. The summed E-state index contributed by atoms with van der Waals surface area (Å²) in [5.74, 6) is -0.364. The van der Waals surface area contributed by atoms with Gasteiger partial charge in [-0.2, -0.15) is 0 Å². The second-order valence-corrected chi connectivity index (χ2v) is 13.0. The van der Waals surface area contributed by atoms with Gasteiger partial charge in [0.05, 0.1) is 12.7 Å². The zero-order chi connectivity index (χ0) is 18.7. The third-order valence-corrected chi connectivity index (χ3v) is 9.80. The fourth-order valence-corrected chi connectivity index (χ4v) is 3.61. The number of allylic oxidation sites excluding steroid dienone is 1. The van der Waals surface area contributed by atoms with Crippen LogP contribution >= 0.6 is 0 Å². The van der Waals surface area contributed by atoms with E-state index in [0.717, 1.165) is 5.56 Å². The van der Waals surface area contributed by atoms with Gasteiger partial charge in [0, 0.05) is 18.6 Å². The second kappa shape index (κ2) is 7.85. The van der Waals surface area contributed by atoms with Crippen molar-refractivity contribution in [3.8, 4) is 0 Å². The molecule has 0 bridgehead atoms. The van der Waals surface area contributed by atoms with Gasteiger partial charge in [-0.1, -0.05) is 51.1 Å². The first-order valence-electron chi connectivity index (χ1n) is 8.86. The van der Waals surface area contributed by atoms with Crippen molar-refractivity contribution >= 4 is 14.1 Å². The van der Waals surface area contributed by atoms with Crippen molar-refractivity contribution in [3.63, 3.8) is 0 Å². The molecule has 0 radical (unpaired) electrons. The predicted molar refractivity (Wildman–Crippen MR) is 102 cm³/mol. The molecule has 0 spiro atoms. The minimum Gasteiger partial charge on any atom is -0.504 e. The number of aliphatic hydroxyl groups excluding tert-OH is 1. The first-order valence-corrected chi connectivity index (χ1v) is 11.8. The number of Topliss-reactive ketones (excluding diaryl/α,β-unsaturated/α-hetero) is 1. The van der Waals surface area contributed by atoms with Crippen LogP contribution in [0.4, 0.5) is 0 Å². The molecule has 1 aromatic rings. The van der Waals surface area contributed by atoms with Gasteiger partial charge in [-0.05, 0) is 30.1 Å². The number of carbonyl (C=O) groups is 1.